The van der Waals surface area contributed by atoms with Crippen LogP contribution in [0.15, 0.2) is 18.2 Å². The van der Waals surface area contributed by atoms with Gasteiger partial charge in [-0.25, -0.2) is 0 Å². The SMILES string of the molecule is COc1cc(O)c2c(c1)[C@H](O)[C@@H]1c3c(cc4c(c3-2)OCO4)CCN1C. The first-order chi connectivity index (χ1) is 12.1. The van der Waals surface area contributed by atoms with Crippen LogP contribution in [-0.4, -0.2) is 42.6 Å². The number of likely N-dealkylation sites (N-methyl/N-ethyl adjacent to an activating group) is 1. The number of rotatable bonds is 1. The smallest absolute Gasteiger partial charge is 0.231 e. The molecule has 2 aliphatic heterocycles. The molecule has 130 valence electrons. The van der Waals surface area contributed by atoms with Gasteiger partial charge in [-0.05, 0) is 42.3 Å². The number of phenolic OH excluding ortho intramolecular Hbond substituents is 1. The Morgan fingerprint density at radius 1 is 1.20 bits per heavy atom. The molecule has 0 saturated heterocycles. The lowest BCUT2D eigenvalue weighted by atomic mass is 9.74. The largest absolute Gasteiger partial charge is 0.507 e. The van der Waals surface area contributed by atoms with E-state index in [4.69, 9.17) is 14.2 Å². The van der Waals surface area contributed by atoms with Gasteiger partial charge in [-0.15, -0.1) is 0 Å². The van der Waals surface area contributed by atoms with Crippen LogP contribution in [0.4, 0.5) is 0 Å². The van der Waals surface area contributed by atoms with E-state index < -0.39 is 6.10 Å². The van der Waals surface area contributed by atoms with Crippen LogP contribution in [0, 0.1) is 0 Å². The fourth-order valence-electron chi connectivity index (χ4n) is 4.37. The molecule has 2 N–H and O–H groups in total. The molecule has 6 heteroatoms. The Labute approximate surface area is 145 Å². The molecule has 0 spiro atoms. The lowest BCUT2D eigenvalue weighted by Crippen LogP contribution is -2.38. The van der Waals surface area contributed by atoms with Crippen molar-refractivity contribution in [3.63, 3.8) is 0 Å². The average Bonchev–Trinajstić information content (AvgIpc) is 3.07. The van der Waals surface area contributed by atoms with E-state index in [0.717, 1.165) is 29.7 Å². The summed E-state index contributed by atoms with van der Waals surface area (Å²) in [5.41, 5.74) is 4.26. The number of fused-ring (bicyclic) bond motifs is 4. The third-order valence-electron chi connectivity index (χ3n) is 5.52. The van der Waals surface area contributed by atoms with E-state index in [9.17, 15) is 10.2 Å². The van der Waals surface area contributed by atoms with Gasteiger partial charge in [-0.2, -0.15) is 0 Å². The second-order valence-corrected chi connectivity index (χ2v) is 6.79. The number of hydrogen-bond acceptors (Lipinski definition) is 6. The van der Waals surface area contributed by atoms with Crippen LogP contribution in [0.1, 0.15) is 28.8 Å². The molecular formula is C19H19NO5. The minimum absolute atomic E-state index is 0.0752. The lowest BCUT2D eigenvalue weighted by Gasteiger charge is -2.42. The topological polar surface area (TPSA) is 71.4 Å². The van der Waals surface area contributed by atoms with Crippen molar-refractivity contribution in [2.24, 2.45) is 0 Å². The summed E-state index contributed by atoms with van der Waals surface area (Å²) in [6.45, 7) is 1.01. The van der Waals surface area contributed by atoms with Crippen molar-refractivity contribution in [2.45, 2.75) is 18.6 Å². The molecule has 5 rings (SSSR count). The summed E-state index contributed by atoms with van der Waals surface area (Å²) < 4.78 is 16.6. The normalized spacial score (nSPS) is 23.2. The van der Waals surface area contributed by atoms with Gasteiger partial charge in [0.2, 0.25) is 6.79 Å². The molecule has 25 heavy (non-hydrogen) atoms. The van der Waals surface area contributed by atoms with Crippen LogP contribution in [-0.2, 0) is 6.42 Å². The molecule has 2 aromatic rings. The predicted molar refractivity (Wildman–Crippen MR) is 90.3 cm³/mol. The molecule has 0 unspecified atom stereocenters. The zero-order valence-electron chi connectivity index (χ0n) is 14.1. The number of phenols is 1. The number of methoxy groups -OCH3 is 1. The number of benzene rings is 2. The van der Waals surface area contributed by atoms with Gasteiger partial charge in [-0.3, -0.25) is 4.90 Å². The highest BCUT2D eigenvalue weighted by Crippen LogP contribution is 2.59. The molecule has 0 radical (unpaired) electrons. The van der Waals surface area contributed by atoms with Crippen molar-refractivity contribution < 1.29 is 24.4 Å². The first-order valence-electron chi connectivity index (χ1n) is 8.35. The fraction of sp³-hybridized carbons (Fsp3) is 0.368. The molecule has 0 saturated carbocycles. The maximum absolute atomic E-state index is 11.1. The summed E-state index contributed by atoms with van der Waals surface area (Å²) in [6.07, 6.45) is 0.109. The molecule has 6 nitrogen and oxygen atoms in total. The molecule has 2 heterocycles. The Hall–Kier alpha value is -2.44. The third-order valence-corrected chi connectivity index (χ3v) is 5.52. The number of ether oxygens (including phenoxy) is 3. The van der Waals surface area contributed by atoms with E-state index >= 15 is 0 Å². The number of aliphatic hydroxyl groups excluding tert-OH is 1. The first kappa shape index (κ1) is 14.9. The van der Waals surface area contributed by atoms with E-state index in [0.29, 0.717) is 28.4 Å². The Morgan fingerprint density at radius 2 is 2.04 bits per heavy atom. The molecule has 0 amide bonds. The highest BCUT2D eigenvalue weighted by molar-refractivity contribution is 5.88. The van der Waals surface area contributed by atoms with Crippen molar-refractivity contribution >= 4 is 0 Å². The fourth-order valence-corrected chi connectivity index (χ4v) is 4.37. The maximum atomic E-state index is 11.1. The summed E-state index contributed by atoms with van der Waals surface area (Å²) in [5, 5.41) is 21.8. The Morgan fingerprint density at radius 3 is 2.84 bits per heavy atom. The standard InChI is InChI=1S/C19H19NO5/c1-20-4-3-9-5-13-19(25-8-24-13)16-14(9)17(20)18(22)11-6-10(23-2)7-12(21)15(11)16/h5-7,17-18,21-22H,3-4,8H2,1-2H3/t17-,18-/m0/s1. The third kappa shape index (κ3) is 1.86. The molecule has 2 aromatic carbocycles. The second-order valence-electron chi connectivity index (χ2n) is 6.79. The van der Waals surface area contributed by atoms with Gasteiger partial charge in [0, 0.05) is 23.7 Å². The van der Waals surface area contributed by atoms with E-state index in [1.165, 1.54) is 0 Å². The van der Waals surface area contributed by atoms with E-state index in [2.05, 4.69) is 4.90 Å². The maximum Gasteiger partial charge on any atom is 0.231 e. The number of aromatic hydroxyl groups is 1. The molecule has 0 bridgehead atoms. The van der Waals surface area contributed by atoms with Crippen molar-refractivity contribution in [1.82, 2.24) is 4.90 Å². The van der Waals surface area contributed by atoms with Crippen molar-refractivity contribution in [1.29, 1.82) is 0 Å². The minimum atomic E-state index is -0.757. The van der Waals surface area contributed by atoms with Crippen molar-refractivity contribution in [3.05, 3.63) is 34.9 Å². The Balaban J connectivity index is 1.90. The van der Waals surface area contributed by atoms with Crippen LogP contribution >= 0.6 is 0 Å². The number of hydrogen-bond donors (Lipinski definition) is 2. The Kier molecular flexibility index (Phi) is 2.99. The zero-order chi connectivity index (χ0) is 17.3. The lowest BCUT2D eigenvalue weighted by molar-refractivity contribution is 0.0540. The summed E-state index contributed by atoms with van der Waals surface area (Å²) in [6, 6.07) is 5.19. The van der Waals surface area contributed by atoms with Gasteiger partial charge in [0.1, 0.15) is 11.5 Å². The summed E-state index contributed by atoms with van der Waals surface area (Å²) >= 11 is 0. The van der Waals surface area contributed by atoms with Gasteiger partial charge in [0.15, 0.2) is 11.5 Å². The zero-order valence-corrected chi connectivity index (χ0v) is 14.1. The van der Waals surface area contributed by atoms with Crippen LogP contribution in [0.25, 0.3) is 11.1 Å². The quantitative estimate of drug-likeness (QED) is 0.830. The minimum Gasteiger partial charge on any atom is -0.507 e. The molecule has 0 aromatic heterocycles. The highest BCUT2D eigenvalue weighted by atomic mass is 16.7. The molecule has 2 atom stereocenters. The summed E-state index contributed by atoms with van der Waals surface area (Å²) in [5.74, 6) is 1.94. The van der Waals surface area contributed by atoms with Crippen molar-refractivity contribution in [2.75, 3.05) is 27.5 Å². The first-order valence-corrected chi connectivity index (χ1v) is 8.35. The highest BCUT2D eigenvalue weighted by Gasteiger charge is 2.43. The van der Waals surface area contributed by atoms with Crippen molar-refractivity contribution in [3.8, 4) is 34.1 Å². The van der Waals surface area contributed by atoms with E-state index in [1.54, 1.807) is 19.2 Å². The number of aliphatic hydroxyl groups is 1. The van der Waals surface area contributed by atoms with Gasteiger partial charge in [0.05, 0.1) is 19.3 Å². The van der Waals surface area contributed by atoms with Gasteiger partial charge < -0.3 is 24.4 Å². The second kappa shape index (κ2) is 5.03. The Bertz CT molecular complexity index is 894. The monoisotopic (exact) mass is 341 g/mol. The van der Waals surface area contributed by atoms with Gasteiger partial charge in [-0.1, -0.05) is 0 Å². The summed E-state index contributed by atoms with van der Waals surface area (Å²) in [7, 11) is 3.56. The molecule has 1 aliphatic carbocycles. The molecular weight excluding hydrogens is 322 g/mol. The predicted octanol–water partition coefficient (Wildman–Crippen LogP) is 2.37. The van der Waals surface area contributed by atoms with Crippen LogP contribution in [0.5, 0.6) is 23.0 Å². The summed E-state index contributed by atoms with van der Waals surface area (Å²) in [4.78, 5) is 2.15. The average molecular weight is 341 g/mol. The van der Waals surface area contributed by atoms with E-state index in [-0.39, 0.29) is 18.6 Å². The van der Waals surface area contributed by atoms with E-state index in [1.807, 2.05) is 13.1 Å². The van der Waals surface area contributed by atoms with Crippen LogP contribution in [0.3, 0.4) is 0 Å². The van der Waals surface area contributed by atoms with Gasteiger partial charge >= 0.3 is 0 Å². The number of nitrogens with zero attached hydrogens (tertiary/aromatic N) is 1. The van der Waals surface area contributed by atoms with Crippen LogP contribution in [0.2, 0.25) is 0 Å². The molecule has 0 fully saturated rings. The molecule has 3 aliphatic rings. The van der Waals surface area contributed by atoms with Crippen LogP contribution < -0.4 is 14.2 Å². The van der Waals surface area contributed by atoms with Gasteiger partial charge in [0.25, 0.3) is 0 Å².